The van der Waals surface area contributed by atoms with Gasteiger partial charge in [0, 0.05) is 10.8 Å². The fourth-order valence-corrected chi connectivity index (χ4v) is 13.4. The van der Waals surface area contributed by atoms with E-state index in [1.54, 1.807) is 0 Å². The molecule has 1 nitrogen and oxygen atoms in total. The molecule has 1 heterocycles. The van der Waals surface area contributed by atoms with Gasteiger partial charge in [-0.1, -0.05) is 249 Å². The van der Waals surface area contributed by atoms with Crippen molar-refractivity contribution in [2.24, 2.45) is 0 Å². The number of hydrogen-bond donors (Lipinski definition) is 0. The van der Waals surface area contributed by atoms with Crippen molar-refractivity contribution in [3.05, 3.63) is 291 Å². The van der Waals surface area contributed by atoms with Gasteiger partial charge in [-0.3, -0.25) is 0 Å². The van der Waals surface area contributed by atoms with Gasteiger partial charge in [-0.25, -0.2) is 0 Å². The second kappa shape index (κ2) is 18.0. The van der Waals surface area contributed by atoms with Crippen LogP contribution in [0, 0.1) is 0 Å². The summed E-state index contributed by atoms with van der Waals surface area (Å²) in [5.74, 6) is 0. The molecule has 0 aliphatic carbocycles. The van der Waals surface area contributed by atoms with Crippen LogP contribution in [-0.4, -0.2) is 0 Å². The molecule has 17 aromatic carbocycles. The smallest absolute Gasteiger partial charge is 0.136 e. The summed E-state index contributed by atoms with van der Waals surface area (Å²) in [5, 5.41) is 24.0. The average Bonchev–Trinajstić information content (AvgIpc) is 1.19. The highest BCUT2D eigenvalue weighted by atomic mass is 16.3. The summed E-state index contributed by atoms with van der Waals surface area (Å²) in [4.78, 5) is 0. The summed E-state index contributed by atoms with van der Waals surface area (Å²) in [5.41, 5.74) is 11.5. The van der Waals surface area contributed by atoms with E-state index < -0.39 is 6.04 Å². The number of hydrogen-bond acceptors (Lipinski definition) is 1. The maximum atomic E-state index is 8.90. The molecular weight excluding hydrogens is 977 g/mol. The Labute approximate surface area is 474 Å². The first-order chi connectivity index (χ1) is 42.2. The normalized spacial score (nSPS) is 12.8. The minimum Gasteiger partial charge on any atom is -0.456 e. The van der Waals surface area contributed by atoms with Crippen molar-refractivity contribution >= 4 is 119 Å². The molecule has 1 heteroatoms. The van der Waals surface area contributed by atoms with Crippen LogP contribution in [-0.2, 0) is 0 Å². The molecule has 81 heavy (non-hydrogen) atoms. The molecule has 0 saturated carbocycles. The van der Waals surface area contributed by atoms with Gasteiger partial charge in [-0.15, -0.1) is 0 Å². The molecule has 0 fully saturated rings. The number of benzene rings is 17. The summed E-state index contributed by atoms with van der Waals surface area (Å²) in [6, 6.07) is 91.4. The molecule has 0 N–H and O–H groups in total. The first-order valence-corrected chi connectivity index (χ1v) is 27.6. The van der Waals surface area contributed by atoms with Gasteiger partial charge < -0.3 is 4.42 Å². The van der Waals surface area contributed by atoms with Crippen molar-refractivity contribution < 1.29 is 11.3 Å². The molecule has 18 aromatic rings. The molecule has 0 unspecified atom stereocenters. The van der Waals surface area contributed by atoms with Crippen LogP contribution in [0.15, 0.2) is 295 Å². The van der Waals surface area contributed by atoms with Gasteiger partial charge in [0.05, 0.1) is 6.85 Å². The molecule has 0 bridgehead atoms. The van der Waals surface area contributed by atoms with Crippen LogP contribution in [0.2, 0.25) is 0 Å². The van der Waals surface area contributed by atoms with Gasteiger partial charge in [0.1, 0.15) is 11.2 Å². The molecule has 374 valence electrons. The van der Waals surface area contributed by atoms with Crippen molar-refractivity contribution in [3.8, 4) is 55.6 Å². The SMILES string of the molecule is [2H]c1c([2H])c([2H])c(-c2cc(-c3ccc4ccc5cccc6ccc3c4c56)cc(-c3ccc4ccc5cccc6ccc3c4c56)c2)c([2H])c1[2H].c1ccc(-c2c3ccccc3c(-c3ccc4oc5cc6ccccc6cc5c4c3)c3ccccc23)cc1. The average molecular weight is 1030 g/mol. The van der Waals surface area contributed by atoms with E-state index >= 15 is 0 Å². The lowest BCUT2D eigenvalue weighted by Crippen LogP contribution is -1.91. The largest absolute Gasteiger partial charge is 0.456 e. The number of furan rings is 1. The third kappa shape index (κ3) is 7.19. The quantitative estimate of drug-likeness (QED) is 0.124. The third-order valence-corrected chi connectivity index (χ3v) is 17.0. The van der Waals surface area contributed by atoms with Crippen molar-refractivity contribution in [1.82, 2.24) is 0 Å². The summed E-state index contributed by atoms with van der Waals surface area (Å²) in [6.45, 7) is 0. The van der Waals surface area contributed by atoms with E-state index in [2.05, 4.69) is 249 Å². The first kappa shape index (κ1) is 40.6. The van der Waals surface area contributed by atoms with E-state index in [0.29, 0.717) is 5.56 Å². The maximum Gasteiger partial charge on any atom is 0.136 e. The Morgan fingerprint density at radius 3 is 1.21 bits per heavy atom. The van der Waals surface area contributed by atoms with Crippen molar-refractivity contribution in [2.75, 3.05) is 0 Å². The van der Waals surface area contributed by atoms with E-state index in [-0.39, 0.29) is 29.7 Å². The van der Waals surface area contributed by atoms with Gasteiger partial charge in [-0.05, 0) is 195 Å². The van der Waals surface area contributed by atoms with Gasteiger partial charge >= 0.3 is 0 Å². The predicted octanol–water partition coefficient (Wildman–Crippen LogP) is 22.9. The number of rotatable bonds is 5. The van der Waals surface area contributed by atoms with E-state index in [1.807, 2.05) is 12.1 Å². The highest BCUT2D eigenvalue weighted by Gasteiger charge is 2.20. The molecule has 1 aromatic heterocycles. The summed E-state index contributed by atoms with van der Waals surface area (Å²) >= 11 is 0. The Balaban J connectivity index is 0.000000140. The van der Waals surface area contributed by atoms with Crippen LogP contribution in [0.1, 0.15) is 6.85 Å². The minimum absolute atomic E-state index is 0.199. The first-order valence-electron chi connectivity index (χ1n) is 30.1. The lowest BCUT2D eigenvalue weighted by molar-refractivity contribution is 0.669. The topological polar surface area (TPSA) is 13.1 Å². The Kier molecular flexibility index (Phi) is 9.01. The Morgan fingerprint density at radius 1 is 0.222 bits per heavy atom. The van der Waals surface area contributed by atoms with Crippen molar-refractivity contribution in [3.63, 3.8) is 0 Å². The van der Waals surface area contributed by atoms with Crippen LogP contribution < -0.4 is 0 Å². The fourth-order valence-electron chi connectivity index (χ4n) is 13.4. The van der Waals surface area contributed by atoms with E-state index in [9.17, 15) is 0 Å². The van der Waals surface area contributed by atoms with Crippen LogP contribution in [0.5, 0.6) is 0 Å². The molecule has 0 aliphatic heterocycles. The lowest BCUT2D eigenvalue weighted by Gasteiger charge is -2.18. The monoisotopic (exact) mass is 1030 g/mol. The van der Waals surface area contributed by atoms with Gasteiger partial charge in [0.2, 0.25) is 0 Å². The zero-order valence-electron chi connectivity index (χ0n) is 48.7. The van der Waals surface area contributed by atoms with Crippen molar-refractivity contribution in [2.45, 2.75) is 0 Å². The van der Waals surface area contributed by atoms with E-state index in [4.69, 9.17) is 11.3 Å². The van der Waals surface area contributed by atoms with E-state index in [1.165, 1.54) is 97.7 Å². The molecule has 0 amide bonds. The zero-order chi connectivity index (χ0) is 57.5. The highest BCUT2D eigenvalue weighted by Crippen LogP contribution is 2.47. The predicted molar refractivity (Wildman–Crippen MR) is 347 cm³/mol. The van der Waals surface area contributed by atoms with Crippen LogP contribution in [0.25, 0.3) is 175 Å². The van der Waals surface area contributed by atoms with Gasteiger partial charge in [-0.2, -0.15) is 0 Å². The molecule has 0 atom stereocenters. The van der Waals surface area contributed by atoms with Crippen LogP contribution in [0.3, 0.4) is 0 Å². The lowest BCUT2D eigenvalue weighted by atomic mass is 9.86. The standard InChI is InChI=1S/C44H26.C36H22O/c1-2-6-27(7-3-1)34-24-35(37-20-16-32-14-12-28-8-4-10-30-18-22-39(37)43(32)41(28)30)26-36(25-34)38-21-17-33-15-13-29-9-5-11-31-19-23-40(38)44(33)42(29)31;1-2-10-23(11-3-1)35-27-14-6-8-16-29(27)36(30-17-9-7-15-28(30)35)26-18-19-33-31(21-26)32-20-24-12-4-5-13-25(24)22-34(32)37-33/h1-26H;1-22H/i1D,2D,3D,6D,7D;. The molecule has 0 spiro atoms. The second-order valence-corrected chi connectivity index (χ2v) is 21.5. The van der Waals surface area contributed by atoms with E-state index in [0.717, 1.165) is 65.7 Å². The summed E-state index contributed by atoms with van der Waals surface area (Å²) in [6.07, 6.45) is 0. The maximum absolute atomic E-state index is 8.90. The minimum atomic E-state index is -0.395. The van der Waals surface area contributed by atoms with Gasteiger partial charge in [0.25, 0.3) is 0 Å². The number of fused-ring (bicyclic) bond motifs is 6. The molecule has 0 aliphatic rings. The molecule has 0 radical (unpaired) electrons. The molecule has 18 rings (SSSR count). The molecule has 0 saturated heterocycles. The third-order valence-electron chi connectivity index (χ3n) is 17.0. The van der Waals surface area contributed by atoms with Crippen LogP contribution >= 0.6 is 0 Å². The second-order valence-electron chi connectivity index (χ2n) is 21.5. The van der Waals surface area contributed by atoms with Crippen molar-refractivity contribution in [1.29, 1.82) is 0 Å². The highest BCUT2D eigenvalue weighted by molar-refractivity contribution is 6.28. The fraction of sp³-hybridized carbons (Fsp3) is 0. The van der Waals surface area contributed by atoms with Gasteiger partial charge in [0.15, 0.2) is 0 Å². The Hall–Kier alpha value is -10.6. The Morgan fingerprint density at radius 2 is 0.654 bits per heavy atom. The molecular formula is C80H48O. The summed E-state index contributed by atoms with van der Waals surface area (Å²) in [7, 11) is 0. The zero-order valence-corrected chi connectivity index (χ0v) is 43.7. The summed E-state index contributed by atoms with van der Waals surface area (Å²) < 4.78 is 49.3. The van der Waals surface area contributed by atoms with Crippen LogP contribution in [0.4, 0.5) is 0 Å². The Bertz CT molecular complexity index is 5560.